The molecule has 0 bridgehead atoms. The van der Waals surface area contributed by atoms with Crippen LogP contribution >= 0.6 is 0 Å². The quantitative estimate of drug-likeness (QED) is 0.562. The highest BCUT2D eigenvalue weighted by Gasteiger charge is 2.75. The van der Waals surface area contributed by atoms with Crippen LogP contribution in [0.2, 0.25) is 0 Å². The fourth-order valence-electron chi connectivity index (χ4n) is 4.06. The van der Waals surface area contributed by atoms with E-state index in [9.17, 15) is 15.3 Å². The van der Waals surface area contributed by atoms with Crippen molar-refractivity contribution >= 4 is 17.0 Å². The lowest BCUT2D eigenvalue weighted by molar-refractivity contribution is -0.0997. The second kappa shape index (κ2) is 3.70. The highest BCUT2D eigenvalue weighted by Crippen LogP contribution is 2.70. The van der Waals surface area contributed by atoms with Gasteiger partial charge in [0, 0.05) is 5.41 Å². The number of nitrogen functional groups attached to an aromatic ring is 1. The first-order valence-electron chi connectivity index (χ1n) is 6.88. The predicted molar refractivity (Wildman–Crippen MR) is 73.0 cm³/mol. The largest absolute Gasteiger partial charge is 0.396 e. The Bertz CT molecular complexity index is 730. The molecule has 112 valence electrons. The van der Waals surface area contributed by atoms with Crippen LogP contribution < -0.4 is 5.73 Å². The zero-order valence-electron chi connectivity index (χ0n) is 11.5. The van der Waals surface area contributed by atoms with E-state index in [0.717, 1.165) is 0 Å². The van der Waals surface area contributed by atoms with E-state index in [1.54, 1.807) is 17.8 Å². The third-order valence-electron chi connectivity index (χ3n) is 5.24. The lowest BCUT2D eigenvalue weighted by Gasteiger charge is -2.34. The number of anilines is 1. The van der Waals surface area contributed by atoms with Crippen LogP contribution in [0.1, 0.15) is 19.4 Å². The fourth-order valence-corrected chi connectivity index (χ4v) is 4.06. The number of rotatable bonds is 2. The van der Waals surface area contributed by atoms with Crippen molar-refractivity contribution in [3.63, 3.8) is 0 Å². The van der Waals surface area contributed by atoms with Crippen LogP contribution in [0.3, 0.4) is 0 Å². The van der Waals surface area contributed by atoms with Crippen molar-refractivity contribution in [1.29, 1.82) is 0 Å². The number of hydrogen-bond donors (Lipinski definition) is 4. The number of nitrogens with two attached hydrogens (primary N) is 1. The molecule has 0 saturated heterocycles. The van der Waals surface area contributed by atoms with Crippen molar-refractivity contribution in [2.45, 2.75) is 31.1 Å². The molecule has 5 atom stereocenters. The standard InChI is InChI=1S/C13H17N5O3/c1-12(21)8(6-2-13(6,3-19)11(12)20)18-5-17-7-9(14)15-4-16-10(7)18/h4-6,8,11,19-21H,2-3H2,1H3,(H2,14,15,16)/t6-,8-,11-,12?,13+/m1/s1. The van der Waals surface area contributed by atoms with Gasteiger partial charge in [0.15, 0.2) is 11.5 Å². The number of aliphatic hydroxyl groups excluding tert-OH is 2. The van der Waals surface area contributed by atoms with Crippen LogP contribution in [0, 0.1) is 11.3 Å². The van der Waals surface area contributed by atoms with Crippen molar-refractivity contribution in [2.24, 2.45) is 11.3 Å². The van der Waals surface area contributed by atoms with Gasteiger partial charge in [-0.05, 0) is 19.3 Å². The van der Waals surface area contributed by atoms with Crippen LogP contribution in [0.15, 0.2) is 12.7 Å². The van der Waals surface area contributed by atoms with E-state index in [0.29, 0.717) is 17.6 Å². The summed E-state index contributed by atoms with van der Waals surface area (Å²) in [4.78, 5) is 12.3. The normalized spacial score (nSPS) is 41.4. The predicted octanol–water partition coefficient (Wildman–Crippen LogP) is -0.926. The molecule has 2 heterocycles. The third-order valence-corrected chi connectivity index (χ3v) is 5.24. The van der Waals surface area contributed by atoms with Crippen LogP contribution in [-0.2, 0) is 0 Å². The molecule has 2 aliphatic rings. The van der Waals surface area contributed by atoms with Crippen molar-refractivity contribution in [1.82, 2.24) is 19.5 Å². The highest BCUT2D eigenvalue weighted by molar-refractivity contribution is 5.81. The molecule has 21 heavy (non-hydrogen) atoms. The Morgan fingerprint density at radius 3 is 2.86 bits per heavy atom. The second-order valence-electron chi connectivity index (χ2n) is 6.36. The van der Waals surface area contributed by atoms with Gasteiger partial charge in [0.05, 0.1) is 25.1 Å². The lowest BCUT2D eigenvalue weighted by Crippen LogP contribution is -2.46. The molecule has 4 rings (SSSR count). The monoisotopic (exact) mass is 291 g/mol. The molecule has 2 aromatic rings. The van der Waals surface area contributed by atoms with Gasteiger partial charge in [0.25, 0.3) is 0 Å². The Kier molecular flexibility index (Phi) is 2.28. The molecule has 2 aliphatic carbocycles. The SMILES string of the molecule is CC1(O)[C@@H](O)[C@]2(CO)C[C@@H]2[C@H]1n1cnc2c(N)ncnc21. The van der Waals surface area contributed by atoms with Crippen molar-refractivity contribution in [3.05, 3.63) is 12.7 Å². The Hall–Kier alpha value is -1.77. The van der Waals surface area contributed by atoms with Gasteiger partial charge in [-0.2, -0.15) is 0 Å². The minimum Gasteiger partial charge on any atom is -0.396 e. The summed E-state index contributed by atoms with van der Waals surface area (Å²) < 4.78 is 1.74. The van der Waals surface area contributed by atoms with Crippen LogP contribution in [0.25, 0.3) is 11.2 Å². The summed E-state index contributed by atoms with van der Waals surface area (Å²) in [6, 6.07) is -0.404. The fraction of sp³-hybridized carbons (Fsp3) is 0.615. The van der Waals surface area contributed by atoms with Gasteiger partial charge in [0.1, 0.15) is 17.4 Å². The number of hydrogen-bond acceptors (Lipinski definition) is 7. The summed E-state index contributed by atoms with van der Waals surface area (Å²) in [6.45, 7) is 1.44. The molecule has 0 radical (unpaired) electrons. The maximum atomic E-state index is 10.7. The summed E-state index contributed by atoms with van der Waals surface area (Å²) in [7, 11) is 0. The van der Waals surface area contributed by atoms with E-state index in [2.05, 4.69) is 15.0 Å². The van der Waals surface area contributed by atoms with Gasteiger partial charge >= 0.3 is 0 Å². The van der Waals surface area contributed by atoms with Gasteiger partial charge in [0.2, 0.25) is 0 Å². The number of aromatic nitrogens is 4. The summed E-state index contributed by atoms with van der Waals surface area (Å²) in [5.74, 6) is 0.266. The molecule has 0 aliphatic heterocycles. The smallest absolute Gasteiger partial charge is 0.165 e. The summed E-state index contributed by atoms with van der Waals surface area (Å²) in [6.07, 6.45) is 2.60. The van der Waals surface area contributed by atoms with Crippen molar-refractivity contribution in [2.75, 3.05) is 12.3 Å². The average Bonchev–Trinajstić information content (AvgIpc) is 2.96. The first-order valence-corrected chi connectivity index (χ1v) is 6.88. The molecule has 2 saturated carbocycles. The Morgan fingerprint density at radius 1 is 1.43 bits per heavy atom. The Labute approximate surface area is 120 Å². The van der Waals surface area contributed by atoms with Gasteiger partial charge < -0.3 is 25.6 Å². The Balaban J connectivity index is 1.88. The number of aliphatic hydroxyl groups is 3. The molecule has 8 nitrogen and oxygen atoms in total. The van der Waals surface area contributed by atoms with E-state index in [4.69, 9.17) is 5.73 Å². The van der Waals surface area contributed by atoms with E-state index >= 15 is 0 Å². The number of imidazole rings is 1. The van der Waals surface area contributed by atoms with Gasteiger partial charge in [-0.25, -0.2) is 15.0 Å². The molecule has 8 heteroatoms. The Morgan fingerprint density at radius 2 is 2.19 bits per heavy atom. The minimum atomic E-state index is -1.36. The first kappa shape index (κ1) is 12.9. The minimum absolute atomic E-state index is 0.0129. The van der Waals surface area contributed by atoms with Gasteiger partial charge in [-0.1, -0.05) is 0 Å². The molecular formula is C13H17N5O3. The average molecular weight is 291 g/mol. The number of fused-ring (bicyclic) bond motifs is 2. The molecule has 0 amide bonds. The van der Waals surface area contributed by atoms with E-state index in [-0.39, 0.29) is 18.3 Å². The molecule has 5 N–H and O–H groups in total. The summed E-state index contributed by atoms with van der Waals surface area (Å²) >= 11 is 0. The van der Waals surface area contributed by atoms with Crippen molar-refractivity contribution in [3.8, 4) is 0 Å². The first-order chi connectivity index (χ1) is 9.93. The van der Waals surface area contributed by atoms with Crippen LogP contribution in [0.5, 0.6) is 0 Å². The van der Waals surface area contributed by atoms with Crippen LogP contribution in [0.4, 0.5) is 5.82 Å². The molecular weight excluding hydrogens is 274 g/mol. The second-order valence-corrected chi connectivity index (χ2v) is 6.36. The van der Waals surface area contributed by atoms with Crippen LogP contribution in [-0.4, -0.2) is 53.2 Å². The zero-order valence-corrected chi connectivity index (χ0v) is 11.5. The third kappa shape index (κ3) is 1.37. The highest BCUT2D eigenvalue weighted by atomic mass is 16.3. The topological polar surface area (TPSA) is 130 Å². The summed E-state index contributed by atoms with van der Waals surface area (Å²) in [5.41, 5.74) is 4.80. The van der Waals surface area contributed by atoms with Gasteiger partial charge in [-0.15, -0.1) is 0 Å². The number of nitrogens with zero attached hydrogens (tertiary/aromatic N) is 4. The molecule has 0 aromatic carbocycles. The van der Waals surface area contributed by atoms with Gasteiger partial charge in [-0.3, -0.25) is 0 Å². The molecule has 2 aromatic heterocycles. The summed E-state index contributed by atoms with van der Waals surface area (Å²) in [5, 5.41) is 30.7. The molecule has 1 unspecified atom stereocenters. The lowest BCUT2D eigenvalue weighted by atomic mass is 9.89. The van der Waals surface area contributed by atoms with E-state index in [1.807, 2.05) is 0 Å². The molecule has 2 fully saturated rings. The maximum Gasteiger partial charge on any atom is 0.165 e. The van der Waals surface area contributed by atoms with E-state index < -0.39 is 23.2 Å². The van der Waals surface area contributed by atoms with E-state index in [1.165, 1.54) is 6.33 Å². The van der Waals surface area contributed by atoms with Crippen molar-refractivity contribution < 1.29 is 15.3 Å². The maximum absolute atomic E-state index is 10.7. The molecule has 0 spiro atoms. The zero-order chi connectivity index (χ0) is 15.0.